The van der Waals surface area contributed by atoms with Crippen LogP contribution in [-0.4, -0.2) is 48.3 Å². The second kappa shape index (κ2) is 11.8. The van der Waals surface area contributed by atoms with Gasteiger partial charge in [-0.15, -0.1) is 0 Å². The molecule has 1 aliphatic heterocycles. The first-order chi connectivity index (χ1) is 16.0. The Morgan fingerprint density at radius 1 is 1.03 bits per heavy atom. The van der Waals surface area contributed by atoms with E-state index in [1.807, 2.05) is 24.3 Å². The summed E-state index contributed by atoms with van der Waals surface area (Å²) in [5, 5.41) is 11.8. The third-order valence-corrected chi connectivity index (χ3v) is 5.63. The molecular formula is C25H27FN4O3. The summed E-state index contributed by atoms with van der Waals surface area (Å²) in [6.45, 7) is 1.12. The summed E-state index contributed by atoms with van der Waals surface area (Å²) >= 11 is 0. The van der Waals surface area contributed by atoms with Crippen LogP contribution in [0, 0.1) is 17.1 Å². The quantitative estimate of drug-likeness (QED) is 0.668. The van der Waals surface area contributed by atoms with E-state index in [9.17, 15) is 18.8 Å². The number of piperidine rings is 1. The van der Waals surface area contributed by atoms with E-state index < -0.39 is 5.82 Å². The molecule has 3 amide bonds. The van der Waals surface area contributed by atoms with Gasteiger partial charge in [0.15, 0.2) is 0 Å². The van der Waals surface area contributed by atoms with Gasteiger partial charge in [-0.25, -0.2) is 4.39 Å². The topological polar surface area (TPSA) is 93.5 Å². The van der Waals surface area contributed by atoms with Crippen LogP contribution < -0.4 is 10.2 Å². The maximum atomic E-state index is 13.9. The van der Waals surface area contributed by atoms with E-state index in [1.165, 1.54) is 17.0 Å². The lowest BCUT2D eigenvalue weighted by Gasteiger charge is -2.32. The lowest BCUT2D eigenvalue weighted by atomic mass is 10.0. The Balaban J connectivity index is 1.45. The lowest BCUT2D eigenvalue weighted by molar-refractivity contribution is -0.125. The third-order valence-electron chi connectivity index (χ3n) is 5.63. The average Bonchev–Trinajstić information content (AvgIpc) is 2.84. The van der Waals surface area contributed by atoms with Crippen molar-refractivity contribution >= 4 is 23.4 Å². The number of anilines is 1. The number of nitrogens with one attached hydrogen (secondary N) is 1. The highest BCUT2D eigenvalue weighted by atomic mass is 19.1. The Morgan fingerprint density at radius 3 is 2.36 bits per heavy atom. The van der Waals surface area contributed by atoms with Gasteiger partial charge in [0.2, 0.25) is 11.8 Å². The molecule has 2 aromatic carbocycles. The van der Waals surface area contributed by atoms with Crippen molar-refractivity contribution in [1.29, 1.82) is 5.26 Å². The number of benzene rings is 2. The first kappa shape index (κ1) is 23.9. The van der Waals surface area contributed by atoms with Crippen LogP contribution in [0.2, 0.25) is 0 Å². The molecular weight excluding hydrogens is 423 g/mol. The molecule has 1 N–H and O–H groups in total. The molecule has 8 heteroatoms. The van der Waals surface area contributed by atoms with Crippen molar-refractivity contribution in [1.82, 2.24) is 10.2 Å². The van der Waals surface area contributed by atoms with E-state index in [2.05, 4.69) is 5.32 Å². The maximum absolute atomic E-state index is 13.9. The number of nitriles is 1. The van der Waals surface area contributed by atoms with Crippen molar-refractivity contribution in [3.63, 3.8) is 0 Å². The number of rotatable bonds is 8. The summed E-state index contributed by atoms with van der Waals surface area (Å²) in [6, 6.07) is 16.9. The monoisotopic (exact) mass is 450 g/mol. The van der Waals surface area contributed by atoms with Crippen LogP contribution in [0.15, 0.2) is 54.6 Å². The fraction of sp³-hybridized carbons (Fsp3) is 0.360. The SMILES string of the molecule is N#CCCN(C(=O)CCC(=O)NC1CCN(C(=O)c2ccccc2F)CC1)c1ccccc1. The first-order valence-electron chi connectivity index (χ1n) is 11.0. The number of para-hydroxylation sites is 1. The van der Waals surface area contributed by atoms with Gasteiger partial charge >= 0.3 is 0 Å². The molecule has 0 saturated carbocycles. The van der Waals surface area contributed by atoms with E-state index in [1.54, 1.807) is 29.2 Å². The molecule has 3 rings (SSSR count). The van der Waals surface area contributed by atoms with Gasteiger partial charge in [0, 0.05) is 44.2 Å². The van der Waals surface area contributed by atoms with Crippen molar-refractivity contribution in [3.05, 3.63) is 66.0 Å². The molecule has 0 unspecified atom stereocenters. The molecule has 7 nitrogen and oxygen atoms in total. The van der Waals surface area contributed by atoms with Gasteiger partial charge < -0.3 is 15.1 Å². The van der Waals surface area contributed by atoms with Gasteiger partial charge in [0.25, 0.3) is 5.91 Å². The molecule has 0 aliphatic carbocycles. The summed E-state index contributed by atoms with van der Waals surface area (Å²) < 4.78 is 13.9. The highest BCUT2D eigenvalue weighted by Crippen LogP contribution is 2.18. The number of hydrogen-bond donors (Lipinski definition) is 1. The number of amides is 3. The minimum Gasteiger partial charge on any atom is -0.353 e. The van der Waals surface area contributed by atoms with Crippen molar-refractivity contribution in [3.8, 4) is 6.07 Å². The van der Waals surface area contributed by atoms with Crippen molar-refractivity contribution in [2.75, 3.05) is 24.5 Å². The zero-order chi connectivity index (χ0) is 23.6. The summed E-state index contributed by atoms with van der Waals surface area (Å²) in [5.74, 6) is -1.32. The number of carbonyl (C=O) groups excluding carboxylic acids is 3. The Kier molecular flexibility index (Phi) is 8.53. The molecule has 1 fully saturated rings. The molecule has 0 bridgehead atoms. The third kappa shape index (κ3) is 6.62. The average molecular weight is 451 g/mol. The first-order valence-corrected chi connectivity index (χ1v) is 11.0. The highest BCUT2D eigenvalue weighted by Gasteiger charge is 2.26. The molecule has 0 aromatic heterocycles. The van der Waals surface area contributed by atoms with Crippen molar-refractivity contribution in [2.24, 2.45) is 0 Å². The fourth-order valence-corrected chi connectivity index (χ4v) is 3.85. The fourth-order valence-electron chi connectivity index (χ4n) is 3.85. The summed E-state index contributed by atoms with van der Waals surface area (Å²) in [5.41, 5.74) is 0.753. The molecule has 1 heterocycles. The molecule has 33 heavy (non-hydrogen) atoms. The van der Waals surface area contributed by atoms with Gasteiger partial charge in [0.1, 0.15) is 5.82 Å². The molecule has 1 aliphatic rings. The minimum atomic E-state index is -0.540. The second-order valence-corrected chi connectivity index (χ2v) is 7.90. The van der Waals surface area contributed by atoms with Crippen molar-refractivity contribution < 1.29 is 18.8 Å². The number of likely N-dealkylation sites (tertiary alicyclic amines) is 1. The Hall–Kier alpha value is -3.73. The molecule has 1 saturated heterocycles. The second-order valence-electron chi connectivity index (χ2n) is 7.90. The van der Waals surface area contributed by atoms with E-state index in [-0.39, 0.29) is 55.1 Å². The van der Waals surface area contributed by atoms with Crippen LogP contribution in [-0.2, 0) is 9.59 Å². The van der Waals surface area contributed by atoms with Gasteiger partial charge in [0.05, 0.1) is 18.1 Å². The predicted octanol–water partition coefficient (Wildman–Crippen LogP) is 3.27. The molecule has 0 atom stereocenters. The molecule has 172 valence electrons. The largest absolute Gasteiger partial charge is 0.353 e. The van der Waals surface area contributed by atoms with Gasteiger partial charge in [-0.3, -0.25) is 14.4 Å². The number of hydrogen-bond acceptors (Lipinski definition) is 4. The number of halogens is 1. The maximum Gasteiger partial charge on any atom is 0.256 e. The smallest absolute Gasteiger partial charge is 0.256 e. The Morgan fingerprint density at radius 2 is 1.70 bits per heavy atom. The zero-order valence-corrected chi connectivity index (χ0v) is 18.4. The van der Waals surface area contributed by atoms with Crippen molar-refractivity contribution in [2.45, 2.75) is 38.1 Å². The van der Waals surface area contributed by atoms with Crippen LogP contribution in [0.3, 0.4) is 0 Å². The normalized spacial score (nSPS) is 13.8. The highest BCUT2D eigenvalue weighted by molar-refractivity contribution is 5.95. The van der Waals surface area contributed by atoms with E-state index in [4.69, 9.17) is 5.26 Å². The molecule has 0 radical (unpaired) electrons. The summed E-state index contributed by atoms with van der Waals surface area (Å²) in [4.78, 5) is 40.7. The Bertz CT molecular complexity index is 1010. The standard InChI is InChI=1S/C25H27FN4O3/c26-22-10-5-4-9-21(22)25(33)29-17-13-19(14-18-29)28-23(31)11-12-24(32)30(16-6-15-27)20-7-2-1-3-8-20/h1-5,7-10,19H,6,11-14,16-18H2,(H,28,31). The molecule has 0 spiro atoms. The Labute approximate surface area is 192 Å². The van der Waals surface area contributed by atoms with E-state index in [0.29, 0.717) is 31.6 Å². The van der Waals surface area contributed by atoms with Crippen LogP contribution in [0.25, 0.3) is 0 Å². The van der Waals surface area contributed by atoms with Crippen LogP contribution in [0.4, 0.5) is 10.1 Å². The van der Waals surface area contributed by atoms with E-state index in [0.717, 1.165) is 0 Å². The zero-order valence-electron chi connectivity index (χ0n) is 18.4. The summed E-state index contributed by atoms with van der Waals surface area (Å²) in [7, 11) is 0. The summed E-state index contributed by atoms with van der Waals surface area (Å²) in [6.07, 6.45) is 1.42. The van der Waals surface area contributed by atoms with Gasteiger partial charge in [-0.05, 0) is 37.1 Å². The van der Waals surface area contributed by atoms with E-state index >= 15 is 0 Å². The van der Waals surface area contributed by atoms with Gasteiger partial charge in [-0.2, -0.15) is 5.26 Å². The number of carbonyl (C=O) groups is 3. The van der Waals surface area contributed by atoms with Gasteiger partial charge in [-0.1, -0.05) is 30.3 Å². The minimum absolute atomic E-state index is 0.0385. The molecule has 2 aromatic rings. The van der Waals surface area contributed by atoms with Crippen LogP contribution >= 0.6 is 0 Å². The lowest BCUT2D eigenvalue weighted by Crippen LogP contribution is -2.46. The van der Waals surface area contributed by atoms with Crippen LogP contribution in [0.1, 0.15) is 42.5 Å². The number of nitrogens with zero attached hydrogens (tertiary/aromatic N) is 3. The van der Waals surface area contributed by atoms with Crippen LogP contribution in [0.5, 0.6) is 0 Å². The predicted molar refractivity (Wildman–Crippen MR) is 122 cm³/mol.